The molecule has 0 spiro atoms. The van der Waals surface area contributed by atoms with Crippen molar-refractivity contribution >= 4 is 49.8 Å². The highest BCUT2D eigenvalue weighted by Crippen LogP contribution is 2.42. The minimum atomic E-state index is 0.589. The molecular weight excluding hydrogens is 733 g/mol. The first-order chi connectivity index (χ1) is 29.7. The van der Waals surface area contributed by atoms with Gasteiger partial charge < -0.3 is 9.32 Å². The lowest BCUT2D eigenvalue weighted by molar-refractivity contribution is 0.669. The summed E-state index contributed by atoms with van der Waals surface area (Å²) in [6.45, 7) is 0. The highest BCUT2D eigenvalue weighted by Gasteiger charge is 2.20. The molecule has 11 aromatic rings. The molecule has 0 saturated carbocycles. The van der Waals surface area contributed by atoms with Crippen LogP contribution in [0.3, 0.4) is 0 Å². The molecule has 0 fully saturated rings. The van der Waals surface area contributed by atoms with E-state index in [9.17, 15) is 0 Å². The summed E-state index contributed by atoms with van der Waals surface area (Å²) >= 11 is 0. The van der Waals surface area contributed by atoms with Gasteiger partial charge in [-0.15, -0.1) is 0 Å². The van der Waals surface area contributed by atoms with Crippen molar-refractivity contribution in [3.8, 4) is 56.4 Å². The minimum Gasteiger partial charge on any atom is -0.456 e. The average Bonchev–Trinajstić information content (AvgIpc) is 3.71. The summed E-state index contributed by atoms with van der Waals surface area (Å²) in [5.74, 6) is 1.82. The van der Waals surface area contributed by atoms with Crippen LogP contribution in [0, 0.1) is 0 Å². The molecule has 5 nitrogen and oxygen atoms in total. The average molecular weight is 769 g/mol. The van der Waals surface area contributed by atoms with E-state index in [4.69, 9.17) is 19.4 Å². The number of fused-ring (bicyclic) bond motifs is 4. The van der Waals surface area contributed by atoms with Crippen LogP contribution in [0.1, 0.15) is 0 Å². The van der Waals surface area contributed by atoms with Gasteiger partial charge >= 0.3 is 0 Å². The van der Waals surface area contributed by atoms with E-state index >= 15 is 0 Å². The van der Waals surface area contributed by atoms with Gasteiger partial charge in [0.15, 0.2) is 17.5 Å². The lowest BCUT2D eigenvalue weighted by atomic mass is 9.98. The van der Waals surface area contributed by atoms with Crippen LogP contribution in [0.4, 0.5) is 17.1 Å². The summed E-state index contributed by atoms with van der Waals surface area (Å²) in [5, 5.41) is 4.40. The van der Waals surface area contributed by atoms with Gasteiger partial charge in [-0.05, 0) is 75.5 Å². The zero-order valence-corrected chi connectivity index (χ0v) is 32.5. The van der Waals surface area contributed by atoms with Gasteiger partial charge in [0.1, 0.15) is 11.2 Å². The molecule has 0 N–H and O–H groups in total. The van der Waals surface area contributed by atoms with Gasteiger partial charge in [0.05, 0.1) is 0 Å². The summed E-state index contributed by atoms with van der Waals surface area (Å²) in [7, 11) is 0. The molecule has 0 aliphatic carbocycles. The van der Waals surface area contributed by atoms with E-state index in [1.54, 1.807) is 0 Å². The highest BCUT2D eigenvalue weighted by molar-refractivity contribution is 6.12. The number of nitrogens with zero attached hydrogens (tertiary/aromatic N) is 4. The molecule has 5 heteroatoms. The van der Waals surface area contributed by atoms with Crippen LogP contribution in [0.15, 0.2) is 223 Å². The standard InChI is InChI=1S/C55H36N4O/c1-4-15-37(16-5-1)42-23-12-24-44(35-42)59(43-31-29-39(30-32-43)47-26-13-22-38-17-10-11-25-46(38)47)45-33-34-48-51(36-45)60-50-28-14-27-49(52(48)50)55-57-53(40-18-6-2-7-19-40)56-54(58-55)41-20-8-3-9-21-41/h1-36H. The molecule has 0 atom stereocenters. The number of benzene rings is 9. The largest absolute Gasteiger partial charge is 0.456 e. The van der Waals surface area contributed by atoms with Gasteiger partial charge in [0.2, 0.25) is 0 Å². The first kappa shape index (κ1) is 35.0. The van der Waals surface area contributed by atoms with E-state index in [-0.39, 0.29) is 0 Å². The van der Waals surface area contributed by atoms with Gasteiger partial charge in [-0.25, -0.2) is 15.0 Å². The Bertz CT molecular complexity index is 3240. The van der Waals surface area contributed by atoms with Crippen LogP contribution in [0.5, 0.6) is 0 Å². The van der Waals surface area contributed by atoms with Crippen LogP contribution in [-0.2, 0) is 0 Å². The lowest BCUT2D eigenvalue weighted by Gasteiger charge is -2.26. The van der Waals surface area contributed by atoms with E-state index in [0.717, 1.165) is 72.4 Å². The van der Waals surface area contributed by atoms with Crippen molar-refractivity contribution in [2.24, 2.45) is 0 Å². The molecule has 9 aromatic carbocycles. The van der Waals surface area contributed by atoms with Gasteiger partial charge in [-0.3, -0.25) is 0 Å². The predicted molar refractivity (Wildman–Crippen MR) is 246 cm³/mol. The number of anilines is 3. The molecule has 2 aromatic heterocycles. The molecule has 60 heavy (non-hydrogen) atoms. The van der Waals surface area contributed by atoms with Crippen LogP contribution in [-0.4, -0.2) is 15.0 Å². The quantitative estimate of drug-likeness (QED) is 0.154. The van der Waals surface area contributed by atoms with Crippen molar-refractivity contribution in [2.75, 3.05) is 4.90 Å². The molecule has 0 aliphatic heterocycles. The monoisotopic (exact) mass is 768 g/mol. The minimum absolute atomic E-state index is 0.589. The Morgan fingerprint density at radius 3 is 1.60 bits per heavy atom. The number of aromatic nitrogens is 3. The third-order valence-electron chi connectivity index (χ3n) is 11.1. The second-order valence-electron chi connectivity index (χ2n) is 14.8. The van der Waals surface area contributed by atoms with Crippen LogP contribution in [0.25, 0.3) is 89.1 Å². The van der Waals surface area contributed by atoms with E-state index < -0.39 is 0 Å². The Hall–Kier alpha value is -8.15. The third-order valence-corrected chi connectivity index (χ3v) is 11.1. The SMILES string of the molecule is c1ccc(-c2cccc(N(c3ccc(-c4cccc5ccccc45)cc3)c3ccc4c(c3)oc3cccc(-c5nc(-c6ccccc6)nc(-c6ccccc6)n5)c34)c2)cc1. The number of hydrogen-bond acceptors (Lipinski definition) is 5. The zero-order valence-electron chi connectivity index (χ0n) is 32.5. The zero-order chi connectivity index (χ0) is 39.8. The first-order valence-electron chi connectivity index (χ1n) is 20.1. The van der Waals surface area contributed by atoms with Crippen LogP contribution in [0.2, 0.25) is 0 Å². The maximum atomic E-state index is 6.72. The molecule has 0 unspecified atom stereocenters. The van der Waals surface area contributed by atoms with Crippen molar-refractivity contribution in [1.82, 2.24) is 15.0 Å². The van der Waals surface area contributed by atoms with Crippen LogP contribution < -0.4 is 4.90 Å². The summed E-state index contributed by atoms with van der Waals surface area (Å²) < 4.78 is 6.72. The van der Waals surface area contributed by atoms with Crippen molar-refractivity contribution in [3.63, 3.8) is 0 Å². The fraction of sp³-hybridized carbons (Fsp3) is 0. The number of hydrogen-bond donors (Lipinski definition) is 0. The van der Waals surface area contributed by atoms with E-state index in [0.29, 0.717) is 17.5 Å². The Morgan fingerprint density at radius 2 is 0.867 bits per heavy atom. The van der Waals surface area contributed by atoms with E-state index in [2.05, 4.69) is 150 Å². The summed E-state index contributed by atoms with van der Waals surface area (Å²) in [5.41, 5.74) is 12.0. The topological polar surface area (TPSA) is 55.1 Å². The highest BCUT2D eigenvalue weighted by atomic mass is 16.3. The van der Waals surface area contributed by atoms with Gasteiger partial charge in [-0.2, -0.15) is 0 Å². The smallest absolute Gasteiger partial charge is 0.164 e. The second-order valence-corrected chi connectivity index (χ2v) is 14.8. The fourth-order valence-electron chi connectivity index (χ4n) is 8.24. The Morgan fingerprint density at radius 1 is 0.317 bits per heavy atom. The second kappa shape index (κ2) is 15.0. The molecule has 282 valence electrons. The first-order valence-corrected chi connectivity index (χ1v) is 20.1. The third kappa shape index (κ3) is 6.45. The molecule has 0 amide bonds. The summed E-state index contributed by atoms with van der Waals surface area (Å²) in [6.07, 6.45) is 0. The molecule has 0 radical (unpaired) electrons. The maximum Gasteiger partial charge on any atom is 0.164 e. The van der Waals surface area contributed by atoms with E-state index in [1.807, 2.05) is 72.8 Å². The van der Waals surface area contributed by atoms with Gasteiger partial charge in [0, 0.05) is 50.6 Å². The molecule has 11 rings (SSSR count). The van der Waals surface area contributed by atoms with Crippen LogP contribution >= 0.6 is 0 Å². The number of rotatable bonds is 8. The molecule has 0 aliphatic rings. The van der Waals surface area contributed by atoms with Crippen molar-refractivity contribution in [1.29, 1.82) is 0 Å². The van der Waals surface area contributed by atoms with Gasteiger partial charge in [0.25, 0.3) is 0 Å². The fourth-order valence-corrected chi connectivity index (χ4v) is 8.24. The van der Waals surface area contributed by atoms with E-state index in [1.165, 1.54) is 16.3 Å². The van der Waals surface area contributed by atoms with Crippen molar-refractivity contribution in [3.05, 3.63) is 218 Å². The molecular formula is C55H36N4O. The van der Waals surface area contributed by atoms with Gasteiger partial charge in [-0.1, -0.05) is 170 Å². The van der Waals surface area contributed by atoms with Crippen molar-refractivity contribution in [2.45, 2.75) is 0 Å². The molecule has 0 bridgehead atoms. The van der Waals surface area contributed by atoms with Crippen molar-refractivity contribution < 1.29 is 4.42 Å². The lowest BCUT2D eigenvalue weighted by Crippen LogP contribution is -2.10. The molecule has 2 heterocycles. The molecule has 0 saturated heterocycles. The summed E-state index contributed by atoms with van der Waals surface area (Å²) in [6, 6.07) is 75.9. The Balaban J connectivity index is 1.05. The number of furan rings is 1. The summed E-state index contributed by atoms with van der Waals surface area (Å²) in [4.78, 5) is 17.4. The Kier molecular flexibility index (Phi) is 8.75. The normalized spacial score (nSPS) is 11.3. The Labute approximate surface area is 347 Å². The maximum absolute atomic E-state index is 6.72. The predicted octanol–water partition coefficient (Wildman–Crippen LogP) is 14.7.